The molecule has 0 atom stereocenters. The smallest absolute Gasteiger partial charge is 0.321 e. The Hall–Kier alpha value is -1.99. The van der Waals surface area contributed by atoms with E-state index < -0.39 is 0 Å². The lowest BCUT2D eigenvalue weighted by Gasteiger charge is -2.14. The second-order valence-corrected chi connectivity index (χ2v) is 4.01. The summed E-state index contributed by atoms with van der Waals surface area (Å²) in [5.41, 5.74) is 2.66. The van der Waals surface area contributed by atoms with Gasteiger partial charge >= 0.3 is 6.03 Å². The highest BCUT2D eigenvalue weighted by Gasteiger charge is 2.07. The maximum Gasteiger partial charge on any atom is 0.321 e. The van der Waals surface area contributed by atoms with Crippen LogP contribution in [0.15, 0.2) is 18.2 Å². The van der Waals surface area contributed by atoms with Crippen molar-refractivity contribution >= 4 is 11.7 Å². The molecule has 4 heteroatoms. The van der Waals surface area contributed by atoms with E-state index in [0.29, 0.717) is 0 Å². The SMILES string of the molecule is CCc1cc(C#CCO)ccc1NC(=O)N(C)C. The Morgan fingerprint density at radius 2 is 2.17 bits per heavy atom. The number of rotatable bonds is 2. The van der Waals surface area contributed by atoms with Crippen LogP contribution in [0.25, 0.3) is 0 Å². The van der Waals surface area contributed by atoms with Crippen LogP contribution in [0.5, 0.6) is 0 Å². The van der Waals surface area contributed by atoms with Gasteiger partial charge in [0.2, 0.25) is 0 Å². The Morgan fingerprint density at radius 3 is 2.72 bits per heavy atom. The monoisotopic (exact) mass is 246 g/mol. The maximum absolute atomic E-state index is 11.6. The highest BCUT2D eigenvalue weighted by atomic mass is 16.2. The summed E-state index contributed by atoms with van der Waals surface area (Å²) < 4.78 is 0. The third-order valence-electron chi connectivity index (χ3n) is 2.45. The second kappa shape index (κ2) is 6.67. The summed E-state index contributed by atoms with van der Waals surface area (Å²) in [5.74, 6) is 5.45. The van der Waals surface area contributed by atoms with E-state index in [0.717, 1.165) is 23.2 Å². The van der Waals surface area contributed by atoms with E-state index in [2.05, 4.69) is 17.2 Å². The molecule has 0 bridgehead atoms. The fraction of sp³-hybridized carbons (Fsp3) is 0.357. The molecule has 0 aliphatic carbocycles. The van der Waals surface area contributed by atoms with Gasteiger partial charge in [-0.2, -0.15) is 0 Å². The molecule has 0 spiro atoms. The van der Waals surface area contributed by atoms with Crippen LogP contribution < -0.4 is 5.32 Å². The standard InChI is InChI=1S/C14H18N2O2/c1-4-12-10-11(6-5-9-17)7-8-13(12)15-14(18)16(2)3/h7-8,10,17H,4,9H2,1-3H3,(H,15,18). The number of aryl methyl sites for hydroxylation is 1. The van der Waals surface area contributed by atoms with Crippen molar-refractivity contribution in [3.05, 3.63) is 29.3 Å². The van der Waals surface area contributed by atoms with Crippen molar-refractivity contribution in [3.8, 4) is 11.8 Å². The molecule has 0 aliphatic heterocycles. The lowest BCUT2D eigenvalue weighted by atomic mass is 10.1. The Labute approximate surface area is 108 Å². The van der Waals surface area contributed by atoms with Crippen molar-refractivity contribution in [2.24, 2.45) is 0 Å². The van der Waals surface area contributed by atoms with Crippen LogP contribution >= 0.6 is 0 Å². The summed E-state index contributed by atoms with van der Waals surface area (Å²) in [6, 6.07) is 5.43. The lowest BCUT2D eigenvalue weighted by molar-refractivity contribution is 0.230. The molecule has 0 aliphatic rings. The first kappa shape index (κ1) is 14.1. The first-order chi connectivity index (χ1) is 8.58. The molecule has 0 unspecified atom stereocenters. The van der Waals surface area contributed by atoms with Gasteiger partial charge in [-0.15, -0.1) is 0 Å². The molecule has 2 amide bonds. The van der Waals surface area contributed by atoms with Gasteiger partial charge in [0.25, 0.3) is 0 Å². The molecule has 0 fully saturated rings. The first-order valence-electron chi connectivity index (χ1n) is 5.79. The van der Waals surface area contributed by atoms with Crippen LogP contribution in [0.4, 0.5) is 10.5 Å². The minimum atomic E-state index is -0.154. The zero-order valence-corrected chi connectivity index (χ0v) is 10.9. The molecular formula is C14H18N2O2. The number of nitrogens with one attached hydrogen (secondary N) is 1. The molecule has 1 aromatic carbocycles. The first-order valence-corrected chi connectivity index (χ1v) is 5.79. The molecule has 2 N–H and O–H groups in total. The van der Waals surface area contributed by atoms with Gasteiger partial charge in [0.15, 0.2) is 0 Å². The number of hydrogen-bond acceptors (Lipinski definition) is 2. The van der Waals surface area contributed by atoms with Crippen LogP contribution in [0.2, 0.25) is 0 Å². The van der Waals surface area contributed by atoms with Crippen molar-refractivity contribution in [1.29, 1.82) is 0 Å². The summed E-state index contributed by atoms with van der Waals surface area (Å²) >= 11 is 0. The number of carbonyl (C=O) groups excluding carboxylic acids is 1. The van der Waals surface area contributed by atoms with Gasteiger partial charge in [-0.05, 0) is 30.2 Å². The molecule has 0 heterocycles. The Balaban J connectivity index is 2.96. The number of carbonyl (C=O) groups is 1. The fourth-order valence-corrected chi connectivity index (χ4v) is 1.45. The van der Waals surface area contributed by atoms with E-state index in [1.165, 1.54) is 4.90 Å². The topological polar surface area (TPSA) is 52.6 Å². The van der Waals surface area contributed by atoms with E-state index >= 15 is 0 Å². The van der Waals surface area contributed by atoms with Gasteiger partial charge < -0.3 is 15.3 Å². The van der Waals surface area contributed by atoms with Crippen molar-refractivity contribution in [2.75, 3.05) is 26.0 Å². The van der Waals surface area contributed by atoms with Crippen molar-refractivity contribution in [1.82, 2.24) is 4.90 Å². The van der Waals surface area contributed by atoms with Crippen LogP contribution in [0.1, 0.15) is 18.1 Å². The maximum atomic E-state index is 11.6. The number of benzene rings is 1. The number of urea groups is 1. The Kier molecular flexibility index (Phi) is 5.22. The quantitative estimate of drug-likeness (QED) is 0.780. The second-order valence-electron chi connectivity index (χ2n) is 4.01. The molecule has 1 rings (SSSR count). The molecule has 0 radical (unpaired) electrons. The number of hydrogen-bond donors (Lipinski definition) is 2. The Bertz CT molecular complexity index is 484. The third-order valence-corrected chi connectivity index (χ3v) is 2.45. The van der Waals surface area contributed by atoms with Gasteiger partial charge in [0.05, 0.1) is 0 Å². The van der Waals surface area contributed by atoms with E-state index in [4.69, 9.17) is 5.11 Å². The van der Waals surface area contributed by atoms with Gasteiger partial charge in [-0.3, -0.25) is 0 Å². The molecule has 0 saturated carbocycles. The fourth-order valence-electron chi connectivity index (χ4n) is 1.45. The number of aliphatic hydroxyl groups excluding tert-OH is 1. The van der Waals surface area contributed by atoms with Crippen LogP contribution in [0, 0.1) is 11.8 Å². The van der Waals surface area contributed by atoms with E-state index in [1.807, 2.05) is 25.1 Å². The van der Waals surface area contributed by atoms with Gasteiger partial charge in [-0.1, -0.05) is 18.8 Å². The highest BCUT2D eigenvalue weighted by molar-refractivity contribution is 5.89. The van der Waals surface area contributed by atoms with Gasteiger partial charge in [0.1, 0.15) is 6.61 Å². The van der Waals surface area contributed by atoms with Crippen LogP contribution in [-0.2, 0) is 6.42 Å². The zero-order valence-electron chi connectivity index (χ0n) is 10.9. The average Bonchev–Trinajstić information content (AvgIpc) is 2.37. The van der Waals surface area contributed by atoms with Crippen molar-refractivity contribution in [3.63, 3.8) is 0 Å². The van der Waals surface area contributed by atoms with Crippen LogP contribution in [0.3, 0.4) is 0 Å². The number of aliphatic hydroxyl groups is 1. The van der Waals surface area contributed by atoms with Gasteiger partial charge in [-0.25, -0.2) is 4.79 Å². The third kappa shape index (κ3) is 3.79. The lowest BCUT2D eigenvalue weighted by Crippen LogP contribution is -2.27. The zero-order chi connectivity index (χ0) is 13.5. The predicted molar refractivity (Wildman–Crippen MR) is 72.5 cm³/mol. The summed E-state index contributed by atoms with van der Waals surface area (Å²) in [7, 11) is 3.39. The predicted octanol–water partition coefficient (Wildman–Crippen LogP) is 1.69. The molecule has 18 heavy (non-hydrogen) atoms. The molecule has 0 aromatic heterocycles. The summed E-state index contributed by atoms with van der Waals surface area (Å²) in [6.45, 7) is 1.87. The molecule has 0 saturated heterocycles. The van der Waals surface area contributed by atoms with E-state index in [9.17, 15) is 4.79 Å². The van der Waals surface area contributed by atoms with Crippen molar-refractivity contribution in [2.45, 2.75) is 13.3 Å². The van der Waals surface area contributed by atoms with E-state index in [-0.39, 0.29) is 12.6 Å². The molecular weight excluding hydrogens is 228 g/mol. The molecule has 4 nitrogen and oxygen atoms in total. The Morgan fingerprint density at radius 1 is 1.44 bits per heavy atom. The largest absolute Gasteiger partial charge is 0.384 e. The average molecular weight is 246 g/mol. The molecule has 1 aromatic rings. The summed E-state index contributed by atoms with van der Waals surface area (Å²) in [4.78, 5) is 13.1. The molecule has 96 valence electrons. The van der Waals surface area contributed by atoms with Crippen molar-refractivity contribution < 1.29 is 9.90 Å². The van der Waals surface area contributed by atoms with E-state index in [1.54, 1.807) is 14.1 Å². The number of nitrogens with zero attached hydrogens (tertiary/aromatic N) is 1. The summed E-state index contributed by atoms with van der Waals surface area (Å²) in [6.07, 6.45) is 0.803. The number of amides is 2. The summed E-state index contributed by atoms with van der Waals surface area (Å²) in [5, 5.41) is 11.5. The van der Waals surface area contributed by atoms with Gasteiger partial charge in [0, 0.05) is 25.3 Å². The van der Waals surface area contributed by atoms with Crippen LogP contribution in [-0.4, -0.2) is 36.7 Å². The minimum absolute atomic E-state index is 0.152. The highest BCUT2D eigenvalue weighted by Crippen LogP contribution is 2.18. The normalized spacial score (nSPS) is 9.33. The minimum Gasteiger partial charge on any atom is -0.384 e. The number of anilines is 1.